The summed E-state index contributed by atoms with van der Waals surface area (Å²) in [5, 5.41) is 5.65. The standard InChI is InChI=1S/C28H24N2O2S/c1-28(21-9-4-3-5-10-21)24-11-7-6-8-20(24)17-25(28)26(31)30-27-29-22(18-33-27)16-19-12-14-23(32-2)15-13-19/h3-15,17-18H,16H2,1-2H3,(H,29,30,31). The summed E-state index contributed by atoms with van der Waals surface area (Å²) in [6.45, 7) is 2.12. The van der Waals surface area contributed by atoms with Gasteiger partial charge in [-0.3, -0.25) is 10.1 Å². The fourth-order valence-corrected chi connectivity index (χ4v) is 5.17. The lowest BCUT2D eigenvalue weighted by Gasteiger charge is -2.29. The third kappa shape index (κ3) is 3.96. The van der Waals surface area contributed by atoms with Crippen molar-refractivity contribution in [1.29, 1.82) is 0 Å². The van der Waals surface area contributed by atoms with Crippen LogP contribution in [-0.2, 0) is 16.6 Å². The van der Waals surface area contributed by atoms with Gasteiger partial charge in [0.2, 0.25) is 0 Å². The third-order valence-electron chi connectivity index (χ3n) is 6.25. The van der Waals surface area contributed by atoms with Crippen LogP contribution in [0.4, 0.5) is 5.13 Å². The molecule has 1 amide bonds. The van der Waals surface area contributed by atoms with E-state index in [4.69, 9.17) is 4.74 Å². The molecule has 4 aromatic rings. The number of amides is 1. The Balaban J connectivity index is 1.38. The van der Waals surface area contributed by atoms with Crippen LogP contribution in [-0.4, -0.2) is 18.0 Å². The molecule has 1 heterocycles. The lowest BCUT2D eigenvalue weighted by molar-refractivity contribution is -0.113. The summed E-state index contributed by atoms with van der Waals surface area (Å²) < 4.78 is 5.22. The highest BCUT2D eigenvalue weighted by atomic mass is 32.1. The van der Waals surface area contributed by atoms with Crippen molar-refractivity contribution in [3.63, 3.8) is 0 Å². The largest absolute Gasteiger partial charge is 0.497 e. The third-order valence-corrected chi connectivity index (χ3v) is 7.06. The van der Waals surface area contributed by atoms with Crippen molar-refractivity contribution >= 4 is 28.5 Å². The number of nitrogens with zero attached hydrogens (tertiary/aromatic N) is 1. The highest BCUT2D eigenvalue weighted by Gasteiger charge is 2.42. The van der Waals surface area contributed by atoms with Gasteiger partial charge >= 0.3 is 0 Å². The molecule has 0 spiro atoms. The molecular weight excluding hydrogens is 428 g/mol. The van der Waals surface area contributed by atoms with Gasteiger partial charge in [-0.15, -0.1) is 11.3 Å². The molecule has 3 aromatic carbocycles. The van der Waals surface area contributed by atoms with Crippen molar-refractivity contribution in [2.75, 3.05) is 12.4 Å². The Morgan fingerprint density at radius 3 is 2.48 bits per heavy atom. The number of fused-ring (bicyclic) bond motifs is 1. The number of ether oxygens (including phenoxy) is 1. The molecule has 1 unspecified atom stereocenters. The van der Waals surface area contributed by atoms with Crippen molar-refractivity contribution in [2.24, 2.45) is 0 Å². The lowest BCUT2D eigenvalue weighted by atomic mass is 9.73. The fraction of sp³-hybridized carbons (Fsp3) is 0.143. The topological polar surface area (TPSA) is 51.2 Å². The van der Waals surface area contributed by atoms with Crippen molar-refractivity contribution in [1.82, 2.24) is 4.98 Å². The van der Waals surface area contributed by atoms with Gasteiger partial charge < -0.3 is 4.74 Å². The van der Waals surface area contributed by atoms with Crippen LogP contribution in [0.1, 0.15) is 34.9 Å². The van der Waals surface area contributed by atoms with Gasteiger partial charge in [0.15, 0.2) is 5.13 Å². The first kappa shape index (κ1) is 21.2. The zero-order chi connectivity index (χ0) is 22.8. The molecule has 0 saturated carbocycles. The normalized spacial score (nSPS) is 16.7. The Kier molecular flexibility index (Phi) is 5.56. The zero-order valence-electron chi connectivity index (χ0n) is 18.5. The van der Waals surface area contributed by atoms with Gasteiger partial charge in [0.05, 0.1) is 12.8 Å². The summed E-state index contributed by atoms with van der Waals surface area (Å²) in [6.07, 6.45) is 2.70. The molecule has 0 aliphatic heterocycles. The van der Waals surface area contributed by atoms with E-state index in [0.29, 0.717) is 11.6 Å². The molecular formula is C28H24N2O2S. The zero-order valence-corrected chi connectivity index (χ0v) is 19.4. The highest BCUT2D eigenvalue weighted by Crippen LogP contribution is 2.46. The van der Waals surface area contributed by atoms with E-state index in [1.807, 2.05) is 66.1 Å². The van der Waals surface area contributed by atoms with E-state index in [-0.39, 0.29) is 5.91 Å². The van der Waals surface area contributed by atoms with E-state index in [1.165, 1.54) is 11.3 Å². The van der Waals surface area contributed by atoms with Gasteiger partial charge in [-0.25, -0.2) is 4.98 Å². The molecule has 1 aliphatic carbocycles. The van der Waals surface area contributed by atoms with Crippen molar-refractivity contribution in [2.45, 2.75) is 18.8 Å². The molecule has 1 aliphatic rings. The van der Waals surface area contributed by atoms with Crippen LogP contribution in [0.2, 0.25) is 0 Å². The number of carbonyl (C=O) groups is 1. The number of thiazole rings is 1. The number of anilines is 1. The van der Waals surface area contributed by atoms with Gasteiger partial charge in [0, 0.05) is 22.8 Å². The predicted molar refractivity (Wildman–Crippen MR) is 134 cm³/mol. The quantitative estimate of drug-likeness (QED) is 0.385. The average Bonchev–Trinajstić information content (AvgIpc) is 3.42. The van der Waals surface area contributed by atoms with Crippen molar-refractivity contribution in [3.05, 3.63) is 118 Å². The van der Waals surface area contributed by atoms with Gasteiger partial charge in [-0.2, -0.15) is 0 Å². The first-order valence-electron chi connectivity index (χ1n) is 10.8. The lowest BCUT2D eigenvalue weighted by Crippen LogP contribution is -2.31. The van der Waals surface area contributed by atoms with E-state index in [1.54, 1.807) is 7.11 Å². The molecule has 0 bridgehead atoms. The smallest absolute Gasteiger partial charge is 0.254 e. The second-order valence-corrected chi connectivity index (χ2v) is 9.12. The van der Waals surface area contributed by atoms with Crippen LogP contribution in [0, 0.1) is 0 Å². The van der Waals surface area contributed by atoms with Gasteiger partial charge in [-0.05, 0) is 47.4 Å². The SMILES string of the molecule is COc1ccc(Cc2csc(NC(=O)C3=Cc4ccccc4C3(C)c3ccccc3)n2)cc1. The number of hydrogen-bond donors (Lipinski definition) is 1. The second-order valence-electron chi connectivity index (χ2n) is 8.26. The van der Waals surface area contributed by atoms with Crippen LogP contribution in [0.5, 0.6) is 5.75 Å². The Morgan fingerprint density at radius 2 is 1.73 bits per heavy atom. The Labute approximate surface area is 197 Å². The van der Waals surface area contributed by atoms with Gasteiger partial charge in [-0.1, -0.05) is 66.7 Å². The molecule has 1 N–H and O–H groups in total. The Hall–Kier alpha value is -3.70. The Morgan fingerprint density at radius 1 is 1.00 bits per heavy atom. The van der Waals surface area contributed by atoms with E-state index >= 15 is 0 Å². The number of carbonyl (C=O) groups excluding carboxylic acids is 1. The number of benzene rings is 3. The summed E-state index contributed by atoms with van der Waals surface area (Å²) in [4.78, 5) is 18.1. The van der Waals surface area contributed by atoms with Crippen LogP contribution < -0.4 is 10.1 Å². The van der Waals surface area contributed by atoms with E-state index in [0.717, 1.165) is 39.3 Å². The Bertz CT molecular complexity index is 1330. The average molecular weight is 453 g/mol. The fourth-order valence-electron chi connectivity index (χ4n) is 4.46. The molecule has 1 aromatic heterocycles. The monoisotopic (exact) mass is 452 g/mol. The molecule has 5 heteroatoms. The maximum atomic E-state index is 13.5. The molecule has 4 nitrogen and oxygen atoms in total. The molecule has 0 fully saturated rings. The van der Waals surface area contributed by atoms with E-state index < -0.39 is 5.41 Å². The molecule has 0 radical (unpaired) electrons. The molecule has 5 rings (SSSR count). The summed E-state index contributed by atoms with van der Waals surface area (Å²) in [5.74, 6) is 0.709. The number of aromatic nitrogens is 1. The van der Waals surface area contributed by atoms with Gasteiger partial charge in [0.1, 0.15) is 5.75 Å². The predicted octanol–water partition coefficient (Wildman–Crippen LogP) is 6.08. The molecule has 1 atom stereocenters. The van der Waals surface area contributed by atoms with Crippen LogP contribution in [0.3, 0.4) is 0 Å². The van der Waals surface area contributed by atoms with Crippen molar-refractivity contribution in [3.8, 4) is 5.75 Å². The highest BCUT2D eigenvalue weighted by molar-refractivity contribution is 7.14. The van der Waals surface area contributed by atoms with E-state index in [9.17, 15) is 4.79 Å². The minimum Gasteiger partial charge on any atom is -0.497 e. The summed E-state index contributed by atoms with van der Waals surface area (Å²) in [7, 11) is 1.66. The van der Waals surface area contributed by atoms with Crippen LogP contribution >= 0.6 is 11.3 Å². The number of rotatable bonds is 6. The first-order valence-corrected chi connectivity index (χ1v) is 11.7. The van der Waals surface area contributed by atoms with Crippen LogP contribution in [0.15, 0.2) is 89.8 Å². The minimum atomic E-state index is -0.523. The minimum absolute atomic E-state index is 0.122. The molecule has 164 valence electrons. The number of methoxy groups -OCH3 is 1. The number of nitrogens with one attached hydrogen (secondary N) is 1. The number of hydrogen-bond acceptors (Lipinski definition) is 4. The van der Waals surface area contributed by atoms with Crippen molar-refractivity contribution < 1.29 is 9.53 Å². The molecule has 0 saturated heterocycles. The maximum absolute atomic E-state index is 13.5. The molecule has 33 heavy (non-hydrogen) atoms. The summed E-state index contributed by atoms with van der Waals surface area (Å²) >= 11 is 1.45. The second kappa shape index (κ2) is 8.68. The van der Waals surface area contributed by atoms with E-state index in [2.05, 4.69) is 41.5 Å². The van der Waals surface area contributed by atoms with Crippen LogP contribution in [0.25, 0.3) is 6.08 Å². The summed E-state index contributed by atoms with van der Waals surface area (Å²) in [5.41, 5.74) is 5.58. The maximum Gasteiger partial charge on any atom is 0.254 e. The summed E-state index contributed by atoms with van der Waals surface area (Å²) in [6, 6.07) is 26.4. The van der Waals surface area contributed by atoms with Gasteiger partial charge in [0.25, 0.3) is 5.91 Å². The first-order chi connectivity index (χ1) is 16.1.